The predicted octanol–water partition coefficient (Wildman–Crippen LogP) is 5.60. The number of ether oxygens (including phenoxy) is 1. The number of alkyl halides is 1. The molecule has 0 radical (unpaired) electrons. The maximum Gasteiger partial charge on any atom is 0.227 e. The lowest BCUT2D eigenvalue weighted by atomic mass is 10.1. The van der Waals surface area contributed by atoms with Gasteiger partial charge < -0.3 is 14.9 Å². The first-order chi connectivity index (χ1) is 13.7. The van der Waals surface area contributed by atoms with Crippen molar-refractivity contribution in [1.82, 2.24) is 4.98 Å². The lowest BCUT2D eigenvalue weighted by Gasteiger charge is -2.01. The van der Waals surface area contributed by atoms with E-state index in [9.17, 15) is 4.39 Å². The zero-order valence-corrected chi connectivity index (χ0v) is 15.1. The minimum absolute atomic E-state index is 0.0293. The zero-order valence-electron chi connectivity index (χ0n) is 15.1. The van der Waals surface area contributed by atoms with Crippen LogP contribution in [0.15, 0.2) is 71.1 Å². The fraction of sp³-hybridized carbons (Fsp3) is 0.0870. The Balaban J connectivity index is 1.52. The molecule has 28 heavy (non-hydrogen) atoms. The summed E-state index contributed by atoms with van der Waals surface area (Å²) in [5.74, 6) is 1.11. The molecule has 3 aromatic carbocycles. The van der Waals surface area contributed by atoms with E-state index in [2.05, 4.69) is 4.98 Å². The Kier molecular flexibility index (Phi) is 5.06. The van der Waals surface area contributed by atoms with E-state index in [4.69, 9.17) is 14.9 Å². The van der Waals surface area contributed by atoms with Gasteiger partial charge >= 0.3 is 0 Å². The molecular weight excluding hydrogens is 355 g/mol. The number of halogens is 1. The van der Waals surface area contributed by atoms with Crippen LogP contribution < -0.4 is 10.5 Å². The van der Waals surface area contributed by atoms with Crippen molar-refractivity contribution in [3.8, 4) is 17.2 Å². The van der Waals surface area contributed by atoms with Crippen LogP contribution in [-0.2, 0) is 0 Å². The molecule has 0 bridgehead atoms. The monoisotopic (exact) mass is 374 g/mol. The number of nitrogens with zero attached hydrogens (tertiary/aromatic N) is 1. The summed E-state index contributed by atoms with van der Waals surface area (Å²) in [6.45, 7) is -0.497. The second kappa shape index (κ2) is 7.96. The maximum atomic E-state index is 12.2. The Labute approximate surface area is 162 Å². The Hall–Kier alpha value is -3.60. The van der Waals surface area contributed by atoms with Crippen LogP contribution in [-0.4, -0.2) is 18.3 Å². The summed E-state index contributed by atoms with van der Waals surface area (Å²) in [7, 11) is 0. The highest BCUT2D eigenvalue weighted by Crippen LogP contribution is 2.27. The molecule has 2 N–H and O–H groups in total. The largest absolute Gasteiger partial charge is 0.491 e. The third kappa shape index (κ3) is 4.04. The molecule has 0 aliphatic rings. The fourth-order valence-electron chi connectivity index (χ4n) is 2.81. The SMILES string of the molecule is Nc1ccc(/C=C/c2ccc(-c3nc4cc(OCCF)ccc4o3)cc2)cc1. The lowest BCUT2D eigenvalue weighted by Crippen LogP contribution is -1.98. The minimum Gasteiger partial charge on any atom is -0.491 e. The second-order valence-electron chi connectivity index (χ2n) is 6.31. The summed E-state index contributed by atoms with van der Waals surface area (Å²) in [5, 5.41) is 0. The molecule has 4 nitrogen and oxygen atoms in total. The molecular formula is C23H19FN2O2. The van der Waals surface area contributed by atoms with Crippen LogP contribution in [0.5, 0.6) is 5.75 Å². The number of hydrogen-bond acceptors (Lipinski definition) is 4. The Bertz CT molecular complexity index is 1100. The number of anilines is 1. The maximum absolute atomic E-state index is 12.2. The van der Waals surface area contributed by atoms with Gasteiger partial charge in [0.2, 0.25) is 5.89 Å². The Morgan fingerprint density at radius 1 is 0.929 bits per heavy atom. The van der Waals surface area contributed by atoms with E-state index in [-0.39, 0.29) is 6.61 Å². The van der Waals surface area contributed by atoms with Crippen molar-refractivity contribution >= 4 is 28.9 Å². The smallest absolute Gasteiger partial charge is 0.227 e. The third-order valence-corrected chi connectivity index (χ3v) is 4.27. The molecule has 0 aliphatic carbocycles. The van der Waals surface area contributed by atoms with Gasteiger partial charge in [0.25, 0.3) is 0 Å². The van der Waals surface area contributed by atoms with Gasteiger partial charge in [-0.3, -0.25) is 0 Å². The summed E-state index contributed by atoms with van der Waals surface area (Å²) in [4.78, 5) is 4.51. The van der Waals surface area contributed by atoms with Crippen LogP contribution >= 0.6 is 0 Å². The molecule has 0 spiro atoms. The molecule has 0 unspecified atom stereocenters. The summed E-state index contributed by atoms with van der Waals surface area (Å²) in [6.07, 6.45) is 4.07. The van der Waals surface area contributed by atoms with E-state index in [0.29, 0.717) is 22.7 Å². The van der Waals surface area contributed by atoms with Crippen LogP contribution in [0, 0.1) is 0 Å². The van der Waals surface area contributed by atoms with Crippen molar-refractivity contribution in [2.75, 3.05) is 19.0 Å². The number of rotatable bonds is 6. The molecule has 0 saturated carbocycles. The first kappa shape index (κ1) is 17.8. The van der Waals surface area contributed by atoms with Crippen LogP contribution in [0.1, 0.15) is 11.1 Å². The molecule has 5 heteroatoms. The molecule has 0 amide bonds. The first-order valence-electron chi connectivity index (χ1n) is 8.95. The third-order valence-electron chi connectivity index (χ3n) is 4.27. The average Bonchev–Trinajstić information content (AvgIpc) is 3.15. The lowest BCUT2D eigenvalue weighted by molar-refractivity contribution is 0.273. The molecule has 1 heterocycles. The normalized spacial score (nSPS) is 11.3. The highest BCUT2D eigenvalue weighted by atomic mass is 19.1. The van der Waals surface area contributed by atoms with Gasteiger partial charge in [-0.2, -0.15) is 0 Å². The van der Waals surface area contributed by atoms with Gasteiger partial charge in [-0.25, -0.2) is 9.37 Å². The summed E-state index contributed by atoms with van der Waals surface area (Å²) in [5.41, 5.74) is 10.8. The number of hydrogen-bond donors (Lipinski definition) is 1. The van der Waals surface area contributed by atoms with E-state index in [1.54, 1.807) is 18.2 Å². The van der Waals surface area contributed by atoms with Gasteiger partial charge in [0.05, 0.1) is 0 Å². The van der Waals surface area contributed by atoms with Crippen molar-refractivity contribution in [3.63, 3.8) is 0 Å². The van der Waals surface area contributed by atoms with E-state index >= 15 is 0 Å². The summed E-state index contributed by atoms with van der Waals surface area (Å²) < 4.78 is 23.4. The van der Waals surface area contributed by atoms with Crippen molar-refractivity contribution in [3.05, 3.63) is 77.9 Å². The standard InChI is InChI=1S/C23H19FN2O2/c24-13-14-27-20-11-12-22-21(15-20)26-23(28-22)18-7-3-16(4-8-18)1-2-17-5-9-19(25)10-6-17/h1-12,15H,13-14,25H2/b2-1+. The molecule has 1 aromatic heterocycles. The number of oxazole rings is 1. The van der Waals surface area contributed by atoms with Crippen LogP contribution in [0.3, 0.4) is 0 Å². The topological polar surface area (TPSA) is 61.3 Å². The van der Waals surface area contributed by atoms with Gasteiger partial charge in [-0.1, -0.05) is 36.4 Å². The molecule has 0 fully saturated rings. The molecule has 4 aromatic rings. The Morgan fingerprint density at radius 3 is 2.29 bits per heavy atom. The van der Waals surface area contributed by atoms with Crippen molar-refractivity contribution in [1.29, 1.82) is 0 Å². The average molecular weight is 374 g/mol. The van der Waals surface area contributed by atoms with E-state index in [0.717, 1.165) is 22.4 Å². The highest BCUT2D eigenvalue weighted by molar-refractivity contribution is 5.78. The number of fused-ring (bicyclic) bond motifs is 1. The van der Waals surface area contributed by atoms with Crippen LogP contribution in [0.4, 0.5) is 10.1 Å². The predicted molar refractivity (Wildman–Crippen MR) is 111 cm³/mol. The number of aromatic nitrogens is 1. The number of nitrogen functional groups attached to an aromatic ring is 1. The molecule has 140 valence electrons. The molecule has 0 aliphatic heterocycles. The van der Waals surface area contributed by atoms with Crippen LogP contribution in [0.25, 0.3) is 34.7 Å². The summed E-state index contributed by atoms with van der Waals surface area (Å²) >= 11 is 0. The van der Waals surface area contributed by atoms with Crippen molar-refractivity contribution in [2.45, 2.75) is 0 Å². The van der Waals surface area contributed by atoms with Crippen LogP contribution in [0.2, 0.25) is 0 Å². The van der Waals surface area contributed by atoms with Gasteiger partial charge in [0.15, 0.2) is 5.58 Å². The van der Waals surface area contributed by atoms with Crippen molar-refractivity contribution in [2.24, 2.45) is 0 Å². The molecule has 0 saturated heterocycles. The second-order valence-corrected chi connectivity index (χ2v) is 6.31. The number of benzene rings is 3. The highest BCUT2D eigenvalue weighted by Gasteiger charge is 2.09. The number of nitrogens with two attached hydrogens (primary N) is 1. The van der Waals surface area contributed by atoms with Gasteiger partial charge in [0, 0.05) is 17.3 Å². The zero-order chi connectivity index (χ0) is 19.3. The van der Waals surface area contributed by atoms with E-state index < -0.39 is 6.67 Å². The van der Waals surface area contributed by atoms with Crippen molar-refractivity contribution < 1.29 is 13.5 Å². The first-order valence-corrected chi connectivity index (χ1v) is 8.95. The van der Waals surface area contributed by atoms with E-state index in [1.807, 2.05) is 60.7 Å². The Morgan fingerprint density at radius 2 is 1.61 bits per heavy atom. The molecule has 4 rings (SSSR count). The summed E-state index contributed by atoms with van der Waals surface area (Å²) in [6, 6.07) is 20.9. The van der Waals surface area contributed by atoms with Gasteiger partial charge in [-0.15, -0.1) is 0 Å². The minimum atomic E-state index is -0.527. The van der Waals surface area contributed by atoms with E-state index in [1.165, 1.54) is 0 Å². The quantitative estimate of drug-likeness (QED) is 0.353. The van der Waals surface area contributed by atoms with Gasteiger partial charge in [-0.05, 0) is 47.5 Å². The fourth-order valence-corrected chi connectivity index (χ4v) is 2.81. The molecule has 0 atom stereocenters. The van der Waals surface area contributed by atoms with Gasteiger partial charge in [0.1, 0.15) is 24.5 Å².